The SMILES string of the molecule is CC(C)N1CCN(C2CN(c3cnc4ccc(-c5ccc6c(c5)N=C(N)C6)cc4n3)C2)CC1. The Hall–Kier alpha value is -3.03. The lowest BCUT2D eigenvalue weighted by Crippen LogP contribution is -2.63. The molecule has 0 radical (unpaired) electrons. The third-order valence-electron chi connectivity index (χ3n) is 7.37. The number of benzene rings is 2. The van der Waals surface area contributed by atoms with Gasteiger partial charge in [-0.2, -0.15) is 0 Å². The number of hydrogen-bond acceptors (Lipinski definition) is 7. The fourth-order valence-electron chi connectivity index (χ4n) is 5.21. The topological polar surface area (TPSA) is 73.9 Å². The van der Waals surface area contributed by atoms with Gasteiger partial charge >= 0.3 is 0 Å². The molecule has 1 aromatic heterocycles. The average Bonchev–Trinajstić information content (AvgIpc) is 3.17. The molecule has 2 aromatic carbocycles. The minimum Gasteiger partial charge on any atom is -0.387 e. The van der Waals surface area contributed by atoms with Crippen molar-refractivity contribution in [3.8, 4) is 11.1 Å². The van der Waals surface area contributed by atoms with Gasteiger partial charge in [0.15, 0.2) is 0 Å². The molecule has 6 rings (SSSR count). The van der Waals surface area contributed by atoms with Crippen LogP contribution < -0.4 is 10.6 Å². The van der Waals surface area contributed by atoms with E-state index in [0.717, 1.165) is 53.2 Å². The molecule has 0 bridgehead atoms. The molecular weight excluding hydrogens is 410 g/mol. The molecule has 3 aliphatic rings. The van der Waals surface area contributed by atoms with E-state index in [2.05, 4.69) is 69.9 Å². The molecular formula is C26H31N7. The molecule has 2 saturated heterocycles. The maximum Gasteiger partial charge on any atom is 0.147 e. The monoisotopic (exact) mass is 441 g/mol. The molecule has 0 aliphatic carbocycles. The van der Waals surface area contributed by atoms with E-state index in [4.69, 9.17) is 15.7 Å². The molecule has 33 heavy (non-hydrogen) atoms. The Morgan fingerprint density at radius 3 is 2.48 bits per heavy atom. The second-order valence-corrected chi connectivity index (χ2v) is 9.78. The van der Waals surface area contributed by atoms with Crippen LogP contribution in [0.5, 0.6) is 0 Å². The molecule has 170 valence electrons. The van der Waals surface area contributed by atoms with E-state index < -0.39 is 0 Å². The lowest BCUT2D eigenvalue weighted by atomic mass is 10.0. The molecule has 0 amide bonds. The number of anilines is 1. The summed E-state index contributed by atoms with van der Waals surface area (Å²) in [5.74, 6) is 1.66. The Morgan fingerprint density at radius 1 is 0.939 bits per heavy atom. The van der Waals surface area contributed by atoms with Crippen molar-refractivity contribution in [3.05, 3.63) is 48.2 Å². The number of rotatable bonds is 4. The summed E-state index contributed by atoms with van der Waals surface area (Å²) in [6, 6.07) is 14.0. The zero-order valence-electron chi connectivity index (χ0n) is 19.4. The van der Waals surface area contributed by atoms with Crippen LogP contribution in [0.25, 0.3) is 22.2 Å². The highest BCUT2D eigenvalue weighted by atomic mass is 15.4. The molecule has 2 N–H and O–H groups in total. The minimum absolute atomic E-state index is 0.627. The first-order valence-electron chi connectivity index (χ1n) is 12.0. The zero-order chi connectivity index (χ0) is 22.5. The minimum atomic E-state index is 0.627. The van der Waals surface area contributed by atoms with Crippen molar-refractivity contribution in [1.82, 2.24) is 19.8 Å². The van der Waals surface area contributed by atoms with Gasteiger partial charge in [0.05, 0.1) is 22.9 Å². The second kappa shape index (κ2) is 8.08. The normalized spacial score (nSPS) is 19.7. The van der Waals surface area contributed by atoms with Gasteiger partial charge < -0.3 is 10.6 Å². The number of hydrogen-bond donors (Lipinski definition) is 1. The van der Waals surface area contributed by atoms with E-state index in [0.29, 0.717) is 17.9 Å². The number of fused-ring (bicyclic) bond motifs is 2. The fraction of sp³-hybridized carbons (Fsp3) is 0.423. The summed E-state index contributed by atoms with van der Waals surface area (Å²) >= 11 is 0. The van der Waals surface area contributed by atoms with Crippen molar-refractivity contribution in [2.75, 3.05) is 44.2 Å². The van der Waals surface area contributed by atoms with Gasteiger partial charge in [0.25, 0.3) is 0 Å². The summed E-state index contributed by atoms with van der Waals surface area (Å²) in [6.07, 6.45) is 2.66. The van der Waals surface area contributed by atoms with Crippen LogP contribution in [0.4, 0.5) is 11.5 Å². The molecule has 0 saturated carbocycles. The summed E-state index contributed by atoms with van der Waals surface area (Å²) < 4.78 is 0. The van der Waals surface area contributed by atoms with Gasteiger partial charge in [0, 0.05) is 57.8 Å². The van der Waals surface area contributed by atoms with E-state index >= 15 is 0 Å². The van der Waals surface area contributed by atoms with Crippen LogP contribution in [0.1, 0.15) is 19.4 Å². The van der Waals surface area contributed by atoms with Gasteiger partial charge in [-0.1, -0.05) is 18.2 Å². The summed E-state index contributed by atoms with van der Waals surface area (Å²) in [7, 11) is 0. The van der Waals surface area contributed by atoms with Crippen LogP contribution in [-0.4, -0.2) is 77.0 Å². The summed E-state index contributed by atoms with van der Waals surface area (Å²) in [5, 5.41) is 0. The Balaban J connectivity index is 1.17. The van der Waals surface area contributed by atoms with Crippen LogP contribution in [0.2, 0.25) is 0 Å². The number of piperazine rings is 1. The largest absolute Gasteiger partial charge is 0.387 e. The van der Waals surface area contributed by atoms with Crippen LogP contribution in [0, 0.1) is 0 Å². The van der Waals surface area contributed by atoms with Crippen LogP contribution >= 0.6 is 0 Å². The Kier molecular flexibility index (Phi) is 5.03. The standard InChI is InChI=1S/C26H31N7/c1-17(2)31-7-9-32(10-8-31)21-15-33(16-21)26-14-28-22-6-5-19(12-24(22)30-26)18-3-4-20-13-25(27)29-23(20)11-18/h3-6,11-12,14,17,21H,7-10,13,15-16H2,1-2H3,(H2,27,29). The van der Waals surface area contributed by atoms with Crippen molar-refractivity contribution in [2.45, 2.75) is 32.4 Å². The van der Waals surface area contributed by atoms with Crippen LogP contribution in [-0.2, 0) is 6.42 Å². The maximum atomic E-state index is 5.91. The molecule has 0 atom stereocenters. The Bertz CT molecular complexity index is 1220. The first-order chi connectivity index (χ1) is 16.0. The first-order valence-corrected chi connectivity index (χ1v) is 12.0. The highest BCUT2D eigenvalue weighted by Gasteiger charge is 2.34. The molecule has 3 aliphatic heterocycles. The van der Waals surface area contributed by atoms with Gasteiger partial charge in [0.1, 0.15) is 11.7 Å². The fourth-order valence-corrected chi connectivity index (χ4v) is 5.21. The lowest BCUT2D eigenvalue weighted by molar-refractivity contribution is 0.0676. The van der Waals surface area contributed by atoms with Gasteiger partial charge in [-0.3, -0.25) is 14.8 Å². The van der Waals surface area contributed by atoms with Crippen molar-refractivity contribution in [1.29, 1.82) is 0 Å². The van der Waals surface area contributed by atoms with Gasteiger partial charge in [-0.25, -0.2) is 9.98 Å². The van der Waals surface area contributed by atoms with Crippen LogP contribution in [0.15, 0.2) is 47.6 Å². The first kappa shape index (κ1) is 20.6. The maximum absolute atomic E-state index is 5.91. The summed E-state index contributed by atoms with van der Waals surface area (Å²) in [6.45, 7) is 11.3. The third kappa shape index (κ3) is 3.85. The number of aromatic nitrogens is 2. The molecule has 7 nitrogen and oxygen atoms in total. The summed E-state index contributed by atoms with van der Waals surface area (Å²) in [4.78, 5) is 21.7. The quantitative estimate of drug-likeness (QED) is 0.671. The second-order valence-electron chi connectivity index (χ2n) is 9.78. The summed E-state index contributed by atoms with van der Waals surface area (Å²) in [5.41, 5.74) is 12.2. The predicted octanol–water partition coefficient (Wildman–Crippen LogP) is 3.06. The Morgan fingerprint density at radius 2 is 1.70 bits per heavy atom. The molecule has 0 spiro atoms. The molecule has 0 unspecified atom stereocenters. The molecule has 2 fully saturated rings. The van der Waals surface area contributed by atoms with E-state index in [1.54, 1.807) is 0 Å². The smallest absolute Gasteiger partial charge is 0.147 e. The highest BCUT2D eigenvalue weighted by Crippen LogP contribution is 2.32. The van der Waals surface area contributed by atoms with Crippen molar-refractivity contribution >= 4 is 28.4 Å². The molecule has 4 heterocycles. The van der Waals surface area contributed by atoms with Gasteiger partial charge in [-0.05, 0) is 48.7 Å². The average molecular weight is 442 g/mol. The third-order valence-corrected chi connectivity index (χ3v) is 7.37. The van der Waals surface area contributed by atoms with Gasteiger partial charge in [0.2, 0.25) is 0 Å². The number of nitrogens with two attached hydrogens (primary N) is 1. The van der Waals surface area contributed by atoms with Crippen molar-refractivity contribution < 1.29 is 0 Å². The van der Waals surface area contributed by atoms with Crippen molar-refractivity contribution in [2.24, 2.45) is 10.7 Å². The van der Waals surface area contributed by atoms with Gasteiger partial charge in [-0.15, -0.1) is 0 Å². The van der Waals surface area contributed by atoms with E-state index in [1.165, 1.54) is 31.7 Å². The van der Waals surface area contributed by atoms with E-state index in [9.17, 15) is 0 Å². The number of nitrogens with zero attached hydrogens (tertiary/aromatic N) is 6. The lowest BCUT2D eigenvalue weighted by Gasteiger charge is -2.49. The molecule has 3 aromatic rings. The highest BCUT2D eigenvalue weighted by molar-refractivity contribution is 5.92. The van der Waals surface area contributed by atoms with E-state index in [1.807, 2.05) is 6.20 Å². The van der Waals surface area contributed by atoms with Crippen molar-refractivity contribution in [3.63, 3.8) is 0 Å². The number of amidine groups is 1. The Labute approximate surface area is 194 Å². The molecule has 7 heteroatoms. The predicted molar refractivity (Wildman–Crippen MR) is 134 cm³/mol. The van der Waals surface area contributed by atoms with E-state index in [-0.39, 0.29) is 0 Å². The number of aliphatic imine (C=N–C) groups is 1. The van der Waals surface area contributed by atoms with Crippen LogP contribution in [0.3, 0.4) is 0 Å². The zero-order valence-corrected chi connectivity index (χ0v) is 19.4.